The molecule has 0 unspecified atom stereocenters. The maximum absolute atomic E-state index is 12.5. The van der Waals surface area contributed by atoms with Crippen LogP contribution in [0.5, 0.6) is 0 Å². The molecular weight excluding hydrogens is 318 g/mol. The molecule has 1 N–H and O–H groups in total. The summed E-state index contributed by atoms with van der Waals surface area (Å²) in [5.41, 5.74) is 2.37. The smallest absolute Gasteiger partial charge is 0.261 e. The molecule has 0 radical (unpaired) electrons. The third-order valence-electron chi connectivity index (χ3n) is 3.95. The number of nitrogens with zero attached hydrogens (tertiary/aromatic N) is 2. The maximum Gasteiger partial charge on any atom is 0.261 e. The molecular formula is C19H19N3O3. The topological polar surface area (TPSA) is 79.4 Å². The molecule has 3 rings (SSSR count). The molecule has 128 valence electrons. The van der Waals surface area contributed by atoms with Gasteiger partial charge in [-0.15, -0.1) is 0 Å². The van der Waals surface area contributed by atoms with Crippen molar-refractivity contribution >= 4 is 23.4 Å². The first-order valence-corrected chi connectivity index (χ1v) is 8.11. The number of pyridine rings is 1. The van der Waals surface area contributed by atoms with Gasteiger partial charge in [-0.3, -0.25) is 24.3 Å². The fourth-order valence-electron chi connectivity index (χ4n) is 2.71. The zero-order valence-corrected chi connectivity index (χ0v) is 14.4. The van der Waals surface area contributed by atoms with Gasteiger partial charge in [-0.2, -0.15) is 0 Å². The number of fused-ring (bicyclic) bond motifs is 1. The predicted molar refractivity (Wildman–Crippen MR) is 93.6 cm³/mol. The number of amides is 3. The van der Waals surface area contributed by atoms with E-state index in [1.807, 2.05) is 20.8 Å². The van der Waals surface area contributed by atoms with Gasteiger partial charge in [0.05, 0.1) is 23.0 Å². The van der Waals surface area contributed by atoms with E-state index in [1.165, 1.54) is 17.0 Å². The van der Waals surface area contributed by atoms with E-state index in [9.17, 15) is 14.4 Å². The van der Waals surface area contributed by atoms with Gasteiger partial charge in [0.25, 0.3) is 17.7 Å². The van der Waals surface area contributed by atoms with E-state index in [-0.39, 0.29) is 29.2 Å². The zero-order chi connectivity index (χ0) is 18.1. The molecule has 0 saturated heterocycles. The molecule has 0 aliphatic carbocycles. The van der Waals surface area contributed by atoms with Crippen LogP contribution in [0, 0.1) is 12.8 Å². The molecule has 0 spiro atoms. The first kappa shape index (κ1) is 16.8. The van der Waals surface area contributed by atoms with Crippen LogP contribution >= 0.6 is 0 Å². The van der Waals surface area contributed by atoms with Crippen molar-refractivity contribution in [3.8, 4) is 0 Å². The molecule has 0 bridgehead atoms. The SMILES string of the molecule is Cc1ccc(NC(=O)c2ccc3c(c2)C(=O)N(CC(C)C)C3=O)cn1. The minimum Gasteiger partial charge on any atom is -0.321 e. The van der Waals surface area contributed by atoms with Crippen LogP contribution in [0.3, 0.4) is 0 Å². The Labute approximate surface area is 145 Å². The van der Waals surface area contributed by atoms with Crippen LogP contribution in [0.25, 0.3) is 0 Å². The summed E-state index contributed by atoms with van der Waals surface area (Å²) >= 11 is 0. The number of hydrogen-bond acceptors (Lipinski definition) is 4. The van der Waals surface area contributed by atoms with Crippen LogP contribution < -0.4 is 5.32 Å². The lowest BCUT2D eigenvalue weighted by molar-refractivity contribution is 0.0636. The molecule has 2 aromatic rings. The van der Waals surface area contributed by atoms with Crippen LogP contribution in [0.2, 0.25) is 0 Å². The summed E-state index contributed by atoms with van der Waals surface area (Å²) in [5.74, 6) is -0.821. The third-order valence-corrected chi connectivity index (χ3v) is 3.95. The van der Waals surface area contributed by atoms with Crippen molar-refractivity contribution < 1.29 is 14.4 Å². The minimum atomic E-state index is -0.351. The molecule has 1 aromatic heterocycles. The molecule has 3 amide bonds. The van der Waals surface area contributed by atoms with Gasteiger partial charge in [-0.25, -0.2) is 0 Å². The molecule has 6 heteroatoms. The molecule has 25 heavy (non-hydrogen) atoms. The highest BCUT2D eigenvalue weighted by Crippen LogP contribution is 2.25. The van der Waals surface area contributed by atoms with Gasteiger partial charge in [-0.05, 0) is 43.2 Å². The second kappa shape index (κ2) is 6.47. The van der Waals surface area contributed by atoms with Crippen molar-refractivity contribution in [1.82, 2.24) is 9.88 Å². The summed E-state index contributed by atoms with van der Waals surface area (Å²) in [7, 11) is 0. The Kier molecular flexibility index (Phi) is 4.35. The molecule has 0 fully saturated rings. The number of carbonyl (C=O) groups is 3. The molecule has 1 aromatic carbocycles. The van der Waals surface area contributed by atoms with E-state index >= 15 is 0 Å². The van der Waals surface area contributed by atoms with Crippen LogP contribution in [0.15, 0.2) is 36.5 Å². The lowest BCUT2D eigenvalue weighted by Gasteiger charge is -2.15. The van der Waals surface area contributed by atoms with E-state index in [2.05, 4.69) is 10.3 Å². The normalized spacial score (nSPS) is 13.4. The van der Waals surface area contributed by atoms with E-state index < -0.39 is 0 Å². The van der Waals surface area contributed by atoms with Crippen LogP contribution in [-0.4, -0.2) is 34.2 Å². The number of hydrogen-bond donors (Lipinski definition) is 1. The Morgan fingerprint density at radius 2 is 1.84 bits per heavy atom. The summed E-state index contributed by atoms with van der Waals surface area (Å²) < 4.78 is 0. The van der Waals surface area contributed by atoms with Gasteiger partial charge in [0, 0.05) is 17.8 Å². The van der Waals surface area contributed by atoms with Gasteiger partial charge >= 0.3 is 0 Å². The van der Waals surface area contributed by atoms with Crippen LogP contribution in [-0.2, 0) is 0 Å². The standard InChI is InChI=1S/C19H19N3O3/c1-11(2)10-22-18(24)15-7-5-13(8-16(15)19(22)25)17(23)21-14-6-4-12(3)20-9-14/h4-9,11H,10H2,1-3H3,(H,21,23). The second-order valence-electron chi connectivity index (χ2n) is 6.52. The third kappa shape index (κ3) is 3.28. The minimum absolute atomic E-state index is 0.180. The lowest BCUT2D eigenvalue weighted by atomic mass is 10.1. The van der Waals surface area contributed by atoms with E-state index in [4.69, 9.17) is 0 Å². The van der Waals surface area contributed by atoms with E-state index in [1.54, 1.807) is 24.4 Å². The molecule has 1 aliphatic heterocycles. The van der Waals surface area contributed by atoms with Crippen molar-refractivity contribution in [3.05, 3.63) is 58.9 Å². The highest BCUT2D eigenvalue weighted by molar-refractivity contribution is 6.22. The Hall–Kier alpha value is -3.02. The van der Waals surface area contributed by atoms with Gasteiger partial charge in [0.15, 0.2) is 0 Å². The fourth-order valence-corrected chi connectivity index (χ4v) is 2.71. The predicted octanol–water partition coefficient (Wildman–Crippen LogP) is 2.89. The van der Waals surface area contributed by atoms with Gasteiger partial charge in [0.1, 0.15) is 0 Å². The largest absolute Gasteiger partial charge is 0.321 e. The van der Waals surface area contributed by atoms with Crippen LogP contribution in [0.4, 0.5) is 5.69 Å². The lowest BCUT2D eigenvalue weighted by Crippen LogP contribution is -2.33. The van der Waals surface area contributed by atoms with Crippen LogP contribution in [0.1, 0.15) is 50.6 Å². The summed E-state index contributed by atoms with van der Waals surface area (Å²) in [6.07, 6.45) is 1.57. The Bertz CT molecular complexity index is 857. The number of nitrogens with one attached hydrogen (secondary N) is 1. The van der Waals surface area contributed by atoms with Crippen molar-refractivity contribution in [2.45, 2.75) is 20.8 Å². The van der Waals surface area contributed by atoms with Crippen molar-refractivity contribution in [2.24, 2.45) is 5.92 Å². The van der Waals surface area contributed by atoms with Gasteiger partial charge < -0.3 is 5.32 Å². The number of imide groups is 1. The monoisotopic (exact) mass is 337 g/mol. The Morgan fingerprint density at radius 3 is 2.48 bits per heavy atom. The Balaban J connectivity index is 1.84. The first-order chi connectivity index (χ1) is 11.9. The number of aryl methyl sites for hydroxylation is 1. The fraction of sp³-hybridized carbons (Fsp3) is 0.263. The number of rotatable bonds is 4. The average molecular weight is 337 g/mol. The summed E-state index contributed by atoms with van der Waals surface area (Å²) in [6.45, 7) is 6.11. The summed E-state index contributed by atoms with van der Waals surface area (Å²) in [5, 5.41) is 2.73. The second-order valence-corrected chi connectivity index (χ2v) is 6.52. The number of carbonyl (C=O) groups excluding carboxylic acids is 3. The van der Waals surface area contributed by atoms with E-state index in [0.29, 0.717) is 23.4 Å². The summed E-state index contributed by atoms with van der Waals surface area (Å²) in [6, 6.07) is 8.13. The highest BCUT2D eigenvalue weighted by Gasteiger charge is 2.36. The number of aromatic nitrogens is 1. The zero-order valence-electron chi connectivity index (χ0n) is 14.4. The highest BCUT2D eigenvalue weighted by atomic mass is 16.2. The van der Waals surface area contributed by atoms with Crippen molar-refractivity contribution in [2.75, 3.05) is 11.9 Å². The average Bonchev–Trinajstić information content (AvgIpc) is 2.81. The molecule has 0 atom stereocenters. The first-order valence-electron chi connectivity index (χ1n) is 8.11. The quantitative estimate of drug-likeness (QED) is 0.870. The van der Waals surface area contributed by atoms with Gasteiger partial charge in [0.2, 0.25) is 0 Å². The van der Waals surface area contributed by atoms with Crippen molar-refractivity contribution in [1.29, 1.82) is 0 Å². The van der Waals surface area contributed by atoms with Crippen molar-refractivity contribution in [3.63, 3.8) is 0 Å². The van der Waals surface area contributed by atoms with E-state index in [0.717, 1.165) is 5.69 Å². The summed E-state index contributed by atoms with van der Waals surface area (Å²) in [4.78, 5) is 42.6. The molecule has 1 aliphatic rings. The molecule has 6 nitrogen and oxygen atoms in total. The number of benzene rings is 1. The molecule has 0 saturated carbocycles. The van der Waals surface area contributed by atoms with Gasteiger partial charge in [-0.1, -0.05) is 13.8 Å². The Morgan fingerprint density at radius 1 is 1.12 bits per heavy atom. The number of anilines is 1. The molecule has 2 heterocycles. The maximum atomic E-state index is 12.5.